The van der Waals surface area contributed by atoms with E-state index in [0.29, 0.717) is 43.0 Å². The minimum atomic E-state index is -0.0414. The van der Waals surface area contributed by atoms with Crippen LogP contribution in [0.1, 0.15) is 57.4 Å². The highest BCUT2D eigenvalue weighted by molar-refractivity contribution is 5.78. The first-order valence-corrected chi connectivity index (χ1v) is 13.0. The van der Waals surface area contributed by atoms with Gasteiger partial charge in [-0.25, -0.2) is 4.98 Å². The minimum absolute atomic E-state index is 0.0265. The van der Waals surface area contributed by atoms with Crippen molar-refractivity contribution in [1.82, 2.24) is 20.4 Å². The molecule has 0 fully saturated rings. The van der Waals surface area contributed by atoms with Gasteiger partial charge in [0.2, 0.25) is 11.8 Å². The Morgan fingerprint density at radius 3 is 2.78 bits per heavy atom. The van der Waals surface area contributed by atoms with Crippen LogP contribution >= 0.6 is 0 Å². The zero-order valence-corrected chi connectivity index (χ0v) is 22.3. The zero-order valence-electron chi connectivity index (χ0n) is 22.3. The Kier molecular flexibility index (Phi) is 8.82. The third-order valence-corrected chi connectivity index (χ3v) is 6.42. The molecule has 1 aliphatic heterocycles. The largest absolute Gasteiger partial charge is 0.489 e. The van der Waals surface area contributed by atoms with Crippen LogP contribution in [0.3, 0.4) is 0 Å². The number of nitrogens with one attached hydrogen (secondary N) is 1. The number of carbonyl (C=O) groups is 1. The SMILES string of the molecule is CC(C)Cc1nocc1CNC(=O)CN1CCCC(C)(C)COc2ccccc2Oc2ncccc2C1. The second-order valence-corrected chi connectivity index (χ2v) is 10.9. The van der Waals surface area contributed by atoms with Crippen molar-refractivity contribution in [2.75, 3.05) is 19.7 Å². The number of hydrogen-bond donors (Lipinski definition) is 1. The monoisotopic (exact) mass is 506 g/mol. The lowest BCUT2D eigenvalue weighted by Gasteiger charge is -2.27. The molecular formula is C29H38N4O4. The number of amides is 1. The molecule has 0 aliphatic carbocycles. The summed E-state index contributed by atoms with van der Waals surface area (Å²) in [5, 5.41) is 7.15. The molecule has 0 saturated carbocycles. The van der Waals surface area contributed by atoms with Gasteiger partial charge in [0.05, 0.1) is 18.8 Å². The molecule has 8 heteroatoms. The van der Waals surface area contributed by atoms with Gasteiger partial charge in [0.1, 0.15) is 6.26 Å². The third-order valence-electron chi connectivity index (χ3n) is 6.42. The maximum atomic E-state index is 13.0. The standard InChI is InChI=1S/C29H38N4O4/c1-21(2)15-24-23(19-36-32-24)16-31-27(34)18-33-14-8-12-29(3,4)20-35-25-10-5-6-11-26(25)37-28-22(17-33)9-7-13-30-28/h5-7,9-11,13,19,21H,8,12,14-18,20H2,1-4H3,(H,31,34). The van der Waals surface area contributed by atoms with E-state index in [1.807, 2.05) is 36.4 Å². The van der Waals surface area contributed by atoms with Crippen LogP contribution in [-0.2, 0) is 24.3 Å². The van der Waals surface area contributed by atoms with E-state index in [1.54, 1.807) is 12.5 Å². The van der Waals surface area contributed by atoms with Gasteiger partial charge < -0.3 is 19.3 Å². The highest BCUT2D eigenvalue weighted by atomic mass is 16.5. The number of pyridine rings is 1. The molecule has 8 nitrogen and oxygen atoms in total. The number of nitrogens with zero attached hydrogens (tertiary/aromatic N) is 3. The molecule has 198 valence electrons. The van der Waals surface area contributed by atoms with Crippen molar-refractivity contribution in [2.45, 2.75) is 60.0 Å². The molecular weight excluding hydrogens is 468 g/mol. The number of benzene rings is 1. The van der Waals surface area contributed by atoms with E-state index in [-0.39, 0.29) is 17.9 Å². The van der Waals surface area contributed by atoms with Crippen molar-refractivity contribution in [3.8, 4) is 17.4 Å². The van der Waals surface area contributed by atoms with Gasteiger partial charge in [0.25, 0.3) is 0 Å². The van der Waals surface area contributed by atoms with Crippen LogP contribution in [0.4, 0.5) is 0 Å². The summed E-state index contributed by atoms with van der Waals surface area (Å²) in [7, 11) is 0. The maximum Gasteiger partial charge on any atom is 0.234 e. The summed E-state index contributed by atoms with van der Waals surface area (Å²) in [5.74, 6) is 2.27. The van der Waals surface area contributed by atoms with E-state index < -0.39 is 0 Å². The summed E-state index contributed by atoms with van der Waals surface area (Å²) in [6.07, 6.45) is 6.06. The lowest BCUT2D eigenvalue weighted by atomic mass is 9.88. The molecule has 1 aliphatic rings. The Morgan fingerprint density at radius 1 is 1.16 bits per heavy atom. The molecule has 1 aromatic carbocycles. The molecule has 3 aromatic rings. The average molecular weight is 507 g/mol. The fraction of sp³-hybridized carbons (Fsp3) is 0.483. The summed E-state index contributed by atoms with van der Waals surface area (Å²) in [5.41, 5.74) is 2.72. The van der Waals surface area contributed by atoms with Crippen LogP contribution in [-0.4, -0.2) is 40.6 Å². The molecule has 1 amide bonds. The van der Waals surface area contributed by atoms with Gasteiger partial charge in [0.15, 0.2) is 11.5 Å². The fourth-order valence-corrected chi connectivity index (χ4v) is 4.41. The van der Waals surface area contributed by atoms with Gasteiger partial charge >= 0.3 is 0 Å². The minimum Gasteiger partial charge on any atom is -0.489 e. The van der Waals surface area contributed by atoms with Crippen LogP contribution in [0, 0.1) is 11.3 Å². The van der Waals surface area contributed by atoms with E-state index >= 15 is 0 Å². The Morgan fingerprint density at radius 2 is 1.97 bits per heavy atom. The number of ether oxygens (including phenoxy) is 2. The number of aromatic nitrogens is 2. The summed E-state index contributed by atoms with van der Waals surface area (Å²) in [6.45, 7) is 11.2. The average Bonchev–Trinajstić information content (AvgIpc) is 3.29. The molecule has 37 heavy (non-hydrogen) atoms. The maximum absolute atomic E-state index is 13.0. The number of carbonyl (C=O) groups excluding carboxylic acids is 1. The second kappa shape index (κ2) is 12.2. The van der Waals surface area contributed by atoms with Crippen LogP contribution in [0.5, 0.6) is 17.4 Å². The van der Waals surface area contributed by atoms with E-state index in [0.717, 1.165) is 42.6 Å². The normalized spacial score (nSPS) is 16.2. The summed E-state index contributed by atoms with van der Waals surface area (Å²) < 4.78 is 17.6. The van der Waals surface area contributed by atoms with Crippen LogP contribution in [0.2, 0.25) is 0 Å². The molecule has 0 radical (unpaired) electrons. The Bertz CT molecular complexity index is 1170. The quantitative estimate of drug-likeness (QED) is 0.480. The zero-order chi connectivity index (χ0) is 26.3. The van der Waals surface area contributed by atoms with E-state index in [9.17, 15) is 4.79 Å². The first-order valence-electron chi connectivity index (χ1n) is 13.0. The molecule has 1 N–H and O–H groups in total. The predicted molar refractivity (Wildman–Crippen MR) is 141 cm³/mol. The highest BCUT2D eigenvalue weighted by Gasteiger charge is 2.23. The number of hydrogen-bond acceptors (Lipinski definition) is 7. The first-order chi connectivity index (χ1) is 17.8. The molecule has 0 atom stereocenters. The van der Waals surface area contributed by atoms with Crippen LogP contribution < -0.4 is 14.8 Å². The first kappa shape index (κ1) is 26.7. The van der Waals surface area contributed by atoms with Gasteiger partial charge in [0, 0.05) is 30.4 Å². The smallest absolute Gasteiger partial charge is 0.234 e. The van der Waals surface area contributed by atoms with Gasteiger partial charge in [-0.2, -0.15) is 0 Å². The summed E-state index contributed by atoms with van der Waals surface area (Å²) in [6, 6.07) is 11.6. The van der Waals surface area contributed by atoms with Crippen molar-refractivity contribution in [1.29, 1.82) is 0 Å². The van der Waals surface area contributed by atoms with Crippen molar-refractivity contribution in [2.24, 2.45) is 11.3 Å². The van der Waals surface area contributed by atoms with Crippen LogP contribution in [0.25, 0.3) is 0 Å². The number of fused-ring (bicyclic) bond motifs is 2. The lowest BCUT2D eigenvalue weighted by molar-refractivity contribution is -0.122. The number of para-hydroxylation sites is 2. The van der Waals surface area contributed by atoms with Gasteiger partial charge in [-0.1, -0.05) is 51.1 Å². The Hall–Kier alpha value is -3.39. The van der Waals surface area contributed by atoms with Gasteiger partial charge in [-0.15, -0.1) is 0 Å². The molecule has 0 spiro atoms. The van der Waals surface area contributed by atoms with E-state index in [1.165, 1.54) is 0 Å². The third kappa shape index (κ3) is 7.79. The molecule has 4 rings (SSSR count). The van der Waals surface area contributed by atoms with E-state index in [4.69, 9.17) is 14.0 Å². The molecule has 0 saturated heterocycles. The molecule has 2 aromatic heterocycles. The highest BCUT2D eigenvalue weighted by Crippen LogP contribution is 2.34. The van der Waals surface area contributed by atoms with Gasteiger partial charge in [-0.3, -0.25) is 9.69 Å². The Balaban J connectivity index is 1.49. The summed E-state index contributed by atoms with van der Waals surface area (Å²) in [4.78, 5) is 19.7. The second-order valence-electron chi connectivity index (χ2n) is 10.9. The van der Waals surface area contributed by atoms with E-state index in [2.05, 4.69) is 48.1 Å². The van der Waals surface area contributed by atoms with Gasteiger partial charge in [-0.05, 0) is 55.3 Å². The number of rotatable bonds is 6. The molecule has 0 bridgehead atoms. The molecule has 0 unspecified atom stereocenters. The van der Waals surface area contributed by atoms with Crippen molar-refractivity contribution in [3.05, 3.63) is 65.7 Å². The van der Waals surface area contributed by atoms with Crippen molar-refractivity contribution >= 4 is 5.91 Å². The Labute approximate surface area is 219 Å². The topological polar surface area (TPSA) is 89.7 Å². The van der Waals surface area contributed by atoms with Crippen molar-refractivity contribution in [3.63, 3.8) is 0 Å². The summed E-state index contributed by atoms with van der Waals surface area (Å²) >= 11 is 0. The van der Waals surface area contributed by atoms with Crippen LogP contribution in [0.15, 0.2) is 53.4 Å². The fourth-order valence-electron chi connectivity index (χ4n) is 4.41. The predicted octanol–water partition coefficient (Wildman–Crippen LogP) is 5.38. The van der Waals surface area contributed by atoms with Crippen molar-refractivity contribution < 1.29 is 18.8 Å². The lowest BCUT2D eigenvalue weighted by Crippen LogP contribution is -2.37. The molecule has 3 heterocycles.